The Kier molecular flexibility index (Phi) is 8.92. The molecule has 2 heterocycles. The molecule has 4 rings (SSSR count). The van der Waals surface area contributed by atoms with Crippen LogP contribution in [-0.4, -0.2) is 45.5 Å². The van der Waals surface area contributed by atoms with Gasteiger partial charge in [-0.2, -0.15) is 0 Å². The summed E-state index contributed by atoms with van der Waals surface area (Å²) in [6.45, 7) is 5.30. The quantitative estimate of drug-likeness (QED) is 0.214. The van der Waals surface area contributed by atoms with Gasteiger partial charge in [0, 0.05) is 52.0 Å². The third-order valence-electron chi connectivity index (χ3n) is 6.49. The first-order valence-corrected chi connectivity index (χ1v) is 12.8. The van der Waals surface area contributed by atoms with Gasteiger partial charge >= 0.3 is 5.69 Å². The third kappa shape index (κ3) is 6.18. The number of nitrogens with two attached hydrogens (primary N) is 1. The molecule has 0 radical (unpaired) electrons. The number of hydrogen-bond donors (Lipinski definition) is 2. The molecule has 0 bridgehead atoms. The highest BCUT2D eigenvalue weighted by Crippen LogP contribution is 2.17. The van der Waals surface area contributed by atoms with Crippen LogP contribution in [0.15, 0.2) is 64.2 Å². The van der Waals surface area contributed by atoms with Gasteiger partial charge in [-0.25, -0.2) is 9.78 Å². The van der Waals surface area contributed by atoms with Crippen LogP contribution in [0.25, 0.3) is 11.2 Å². The van der Waals surface area contributed by atoms with E-state index in [-0.39, 0.29) is 17.8 Å². The standard InChI is InChI=1S/C28H36N6O3/c1-3-30-15-18-32-24(20-22-8-5-4-6-9-22)31-26-25(32)27(35)34(16-7-19-37-2)28(36)33(26)17-14-21-10-12-23(29)13-11-21/h4-6,8-13,30H,3,7,14-20,29H2,1-2H3. The van der Waals surface area contributed by atoms with Crippen LogP contribution in [-0.2, 0) is 37.2 Å². The van der Waals surface area contributed by atoms with Crippen LogP contribution in [0.4, 0.5) is 5.69 Å². The lowest BCUT2D eigenvalue weighted by molar-refractivity contribution is 0.189. The fourth-order valence-electron chi connectivity index (χ4n) is 4.55. The van der Waals surface area contributed by atoms with Crippen LogP contribution in [0.5, 0.6) is 0 Å². The van der Waals surface area contributed by atoms with E-state index in [1.165, 1.54) is 4.57 Å². The van der Waals surface area contributed by atoms with Crippen LogP contribution in [0.2, 0.25) is 0 Å². The normalized spacial score (nSPS) is 11.4. The van der Waals surface area contributed by atoms with Gasteiger partial charge in [0.2, 0.25) is 0 Å². The monoisotopic (exact) mass is 504 g/mol. The van der Waals surface area contributed by atoms with Crippen molar-refractivity contribution in [1.82, 2.24) is 24.0 Å². The van der Waals surface area contributed by atoms with Crippen molar-refractivity contribution in [1.29, 1.82) is 0 Å². The molecule has 2 aromatic heterocycles. The second kappa shape index (κ2) is 12.5. The Morgan fingerprint density at radius 3 is 2.38 bits per heavy atom. The van der Waals surface area contributed by atoms with E-state index in [2.05, 4.69) is 12.2 Å². The molecule has 0 aliphatic rings. The molecule has 0 unspecified atom stereocenters. The number of likely N-dealkylation sites (N-methyl/N-ethyl adjacent to an activating group) is 1. The Bertz CT molecular complexity index is 1420. The third-order valence-corrected chi connectivity index (χ3v) is 6.49. The van der Waals surface area contributed by atoms with Gasteiger partial charge in [-0.1, -0.05) is 49.4 Å². The largest absolute Gasteiger partial charge is 0.399 e. The van der Waals surface area contributed by atoms with Gasteiger partial charge in [0.05, 0.1) is 0 Å². The van der Waals surface area contributed by atoms with E-state index >= 15 is 0 Å². The molecule has 37 heavy (non-hydrogen) atoms. The smallest absolute Gasteiger partial charge is 0.332 e. The van der Waals surface area contributed by atoms with Gasteiger partial charge in [0.15, 0.2) is 11.2 Å². The number of ether oxygens (including phenoxy) is 1. The van der Waals surface area contributed by atoms with Crippen LogP contribution < -0.4 is 22.3 Å². The van der Waals surface area contributed by atoms with E-state index in [1.807, 2.05) is 59.2 Å². The second-order valence-electron chi connectivity index (χ2n) is 9.10. The van der Waals surface area contributed by atoms with Gasteiger partial charge in [-0.3, -0.25) is 13.9 Å². The Morgan fingerprint density at radius 2 is 1.68 bits per heavy atom. The van der Waals surface area contributed by atoms with E-state index < -0.39 is 0 Å². The summed E-state index contributed by atoms with van der Waals surface area (Å²) in [6.07, 6.45) is 1.75. The first-order valence-electron chi connectivity index (χ1n) is 12.8. The number of imidazole rings is 1. The molecule has 196 valence electrons. The average molecular weight is 505 g/mol. The maximum Gasteiger partial charge on any atom is 0.332 e. The summed E-state index contributed by atoms with van der Waals surface area (Å²) in [5, 5.41) is 3.34. The van der Waals surface area contributed by atoms with Crippen molar-refractivity contribution in [3.05, 3.63) is 92.4 Å². The Morgan fingerprint density at radius 1 is 0.919 bits per heavy atom. The van der Waals surface area contributed by atoms with Crippen molar-refractivity contribution in [3.8, 4) is 0 Å². The fraction of sp³-hybridized carbons (Fsp3) is 0.393. The van der Waals surface area contributed by atoms with Crippen molar-refractivity contribution in [2.75, 3.05) is 32.5 Å². The molecular formula is C28H36N6O3. The lowest BCUT2D eigenvalue weighted by Gasteiger charge is -2.13. The SMILES string of the molecule is CCNCCn1c(Cc2ccccc2)nc2c1c(=O)n(CCCOC)c(=O)n2CCc1ccc(N)cc1. The first-order chi connectivity index (χ1) is 18.0. The molecule has 0 aliphatic heterocycles. The Labute approximate surface area is 216 Å². The number of nitrogen functional groups attached to an aromatic ring is 1. The molecule has 0 saturated carbocycles. The zero-order valence-corrected chi connectivity index (χ0v) is 21.7. The summed E-state index contributed by atoms with van der Waals surface area (Å²) in [7, 11) is 1.61. The molecule has 2 aromatic carbocycles. The number of methoxy groups -OCH3 is 1. The Hall–Kier alpha value is -3.69. The van der Waals surface area contributed by atoms with Crippen LogP contribution in [0, 0.1) is 0 Å². The summed E-state index contributed by atoms with van der Waals surface area (Å²) >= 11 is 0. The van der Waals surface area contributed by atoms with Gasteiger partial charge in [-0.05, 0) is 42.6 Å². The van der Waals surface area contributed by atoms with Gasteiger partial charge < -0.3 is 20.4 Å². The summed E-state index contributed by atoms with van der Waals surface area (Å²) in [5.41, 5.74) is 8.95. The minimum absolute atomic E-state index is 0.287. The second-order valence-corrected chi connectivity index (χ2v) is 9.10. The number of rotatable bonds is 13. The predicted molar refractivity (Wildman–Crippen MR) is 147 cm³/mol. The number of hydrogen-bond acceptors (Lipinski definition) is 6. The van der Waals surface area contributed by atoms with Crippen molar-refractivity contribution in [3.63, 3.8) is 0 Å². The number of nitrogens with zero attached hydrogens (tertiary/aromatic N) is 4. The minimum atomic E-state index is -0.341. The van der Waals surface area contributed by atoms with E-state index in [0.29, 0.717) is 62.4 Å². The first kappa shape index (κ1) is 26.4. The molecule has 0 aliphatic carbocycles. The summed E-state index contributed by atoms with van der Waals surface area (Å²) < 4.78 is 10.1. The number of anilines is 1. The van der Waals surface area contributed by atoms with Gasteiger partial charge in [-0.15, -0.1) is 0 Å². The maximum atomic E-state index is 13.7. The molecule has 0 fully saturated rings. The van der Waals surface area contributed by atoms with E-state index in [9.17, 15) is 9.59 Å². The molecule has 0 atom stereocenters. The number of benzene rings is 2. The lowest BCUT2D eigenvalue weighted by atomic mass is 10.1. The van der Waals surface area contributed by atoms with Crippen molar-refractivity contribution in [2.24, 2.45) is 0 Å². The predicted octanol–water partition coefficient (Wildman–Crippen LogP) is 2.42. The van der Waals surface area contributed by atoms with Crippen molar-refractivity contribution in [2.45, 2.75) is 45.8 Å². The van der Waals surface area contributed by atoms with Crippen molar-refractivity contribution < 1.29 is 4.74 Å². The highest BCUT2D eigenvalue weighted by molar-refractivity contribution is 5.71. The number of nitrogens with one attached hydrogen (secondary N) is 1. The molecule has 9 heteroatoms. The van der Waals surface area contributed by atoms with Gasteiger partial charge in [0.25, 0.3) is 5.56 Å². The van der Waals surface area contributed by atoms with Crippen LogP contribution >= 0.6 is 0 Å². The molecule has 0 spiro atoms. The summed E-state index contributed by atoms with van der Waals surface area (Å²) in [6, 6.07) is 17.7. The number of aromatic nitrogens is 4. The fourth-order valence-corrected chi connectivity index (χ4v) is 4.55. The number of fused-ring (bicyclic) bond motifs is 1. The van der Waals surface area contributed by atoms with E-state index in [1.54, 1.807) is 11.7 Å². The zero-order valence-electron chi connectivity index (χ0n) is 21.7. The van der Waals surface area contributed by atoms with E-state index in [0.717, 1.165) is 23.5 Å². The maximum absolute atomic E-state index is 13.7. The molecule has 3 N–H and O–H groups in total. The van der Waals surface area contributed by atoms with Crippen LogP contribution in [0.3, 0.4) is 0 Å². The molecule has 0 amide bonds. The van der Waals surface area contributed by atoms with Crippen LogP contribution in [0.1, 0.15) is 30.3 Å². The van der Waals surface area contributed by atoms with Gasteiger partial charge in [0.1, 0.15) is 5.82 Å². The minimum Gasteiger partial charge on any atom is -0.399 e. The molecular weight excluding hydrogens is 468 g/mol. The zero-order chi connectivity index (χ0) is 26.2. The highest BCUT2D eigenvalue weighted by Gasteiger charge is 2.21. The summed E-state index contributed by atoms with van der Waals surface area (Å²) in [4.78, 5) is 32.3. The molecule has 4 aromatic rings. The molecule has 9 nitrogen and oxygen atoms in total. The lowest BCUT2D eigenvalue weighted by Crippen LogP contribution is -2.41. The van der Waals surface area contributed by atoms with E-state index in [4.69, 9.17) is 15.5 Å². The highest BCUT2D eigenvalue weighted by atomic mass is 16.5. The Balaban J connectivity index is 1.85. The number of aryl methyl sites for hydroxylation is 2. The van der Waals surface area contributed by atoms with Crippen molar-refractivity contribution >= 4 is 16.9 Å². The summed E-state index contributed by atoms with van der Waals surface area (Å²) in [5.74, 6) is 0.770. The topological polar surface area (TPSA) is 109 Å². The molecule has 0 saturated heterocycles. The average Bonchev–Trinajstić information content (AvgIpc) is 3.25.